The molecule has 4 aliphatic rings. The number of carbonyl (C=O) groups excluding carboxylic acids is 7. The van der Waals surface area contributed by atoms with Crippen molar-refractivity contribution < 1.29 is 123 Å². The molecule has 4 aliphatic heterocycles. The van der Waals surface area contributed by atoms with E-state index in [0.717, 1.165) is 17.5 Å². The van der Waals surface area contributed by atoms with Gasteiger partial charge in [0.2, 0.25) is 41.4 Å². The lowest BCUT2D eigenvalue weighted by molar-refractivity contribution is -0.334. The van der Waals surface area contributed by atoms with E-state index in [-0.39, 0.29) is 74.4 Å². The summed E-state index contributed by atoms with van der Waals surface area (Å²) in [6.07, 6.45) is -22.3. The van der Waals surface area contributed by atoms with E-state index in [2.05, 4.69) is 46.9 Å². The van der Waals surface area contributed by atoms with Crippen LogP contribution in [0.25, 0.3) is 22.5 Å². The SMILES string of the molecule is CCC(C)C(C(CC(=O)N1CCCC1C(OC)C(C)C(=O)NC(Cc1ccccc1)c1nccs1)OC)N(C)C(=O)C(NC(=O)C(C(C)C)N(C)CC(O)C(O)C(O)C(O)Cn1cc(CCNC(=O)CCC(=O)N2Cc3ccccc3-c3nnn(CC(O)C(O)C4OC(OCC5OC(O)C(O)C(O)C5O)(C(=O)O)CC(O)C4NC(C)=O)c3-c3ccccc32)nn1)C(C)C. The zero-order chi connectivity index (χ0) is 93.4. The number of likely N-dealkylation sites (N-methyl/N-ethyl adjacent to an activating group) is 2. The Morgan fingerprint density at radius 2 is 1.45 bits per heavy atom. The monoisotopic (exact) mass is 1810 g/mol. The van der Waals surface area contributed by atoms with Crippen LogP contribution in [0.4, 0.5) is 5.69 Å². The minimum atomic E-state index is -2.89. The molecule has 3 aromatic carbocycles. The number of rotatable bonds is 43. The Hall–Kier alpha value is -9.35. The summed E-state index contributed by atoms with van der Waals surface area (Å²) in [4.78, 5) is 123. The molecule has 0 saturated carbocycles. The van der Waals surface area contributed by atoms with Crippen molar-refractivity contribution in [2.24, 2.45) is 23.7 Å². The molecule has 40 nitrogen and oxygen atoms in total. The highest BCUT2D eigenvalue weighted by Gasteiger charge is 2.57. The van der Waals surface area contributed by atoms with E-state index in [1.807, 2.05) is 49.6 Å². The van der Waals surface area contributed by atoms with Crippen LogP contribution in [0.5, 0.6) is 0 Å². The Bertz CT molecular complexity index is 4670. The molecule has 0 radical (unpaired) electrons. The van der Waals surface area contributed by atoms with E-state index in [4.69, 9.17) is 23.7 Å². The number of nitrogens with zero attached hydrogens (tertiary/aromatic N) is 11. The molecule has 3 aromatic heterocycles. The number of nitrogens with one attached hydrogen (secondary N) is 4. The molecule has 6 aromatic rings. The predicted molar refractivity (Wildman–Crippen MR) is 460 cm³/mol. The summed E-state index contributed by atoms with van der Waals surface area (Å²) in [6, 6.07) is 18.3. The number of likely N-dealkylation sites (tertiary alicyclic amines) is 1. The number of ether oxygens (including phenoxy) is 5. The van der Waals surface area contributed by atoms with Gasteiger partial charge in [-0.2, -0.15) is 0 Å². The molecule has 24 unspecified atom stereocenters. The fourth-order valence-corrected chi connectivity index (χ4v) is 18.2. The predicted octanol–water partition coefficient (Wildman–Crippen LogP) is -0.819. The number of hydrogen-bond donors (Lipinski definition) is 16. The third kappa shape index (κ3) is 24.1. The summed E-state index contributed by atoms with van der Waals surface area (Å²) in [5.41, 5.74) is 3.68. The normalized spacial score (nSPS) is 23.9. The van der Waals surface area contributed by atoms with Gasteiger partial charge in [0.1, 0.15) is 77.8 Å². The maximum atomic E-state index is 15.0. The molecule has 0 spiro atoms. The van der Waals surface area contributed by atoms with Gasteiger partial charge in [-0.1, -0.05) is 138 Å². The Morgan fingerprint density at radius 3 is 2.10 bits per heavy atom. The number of methoxy groups -OCH3 is 2. The average molecular weight is 1810 g/mol. The van der Waals surface area contributed by atoms with Crippen molar-refractivity contribution >= 4 is 64.3 Å². The molecular weight excluding hydrogens is 1690 g/mol. The Labute approximate surface area is 745 Å². The number of fused-ring (bicyclic) bond motifs is 5. The fraction of sp³-hybridized carbons (Fsp3) is 0.621. The van der Waals surface area contributed by atoms with Crippen LogP contribution in [0, 0.1) is 23.7 Å². The van der Waals surface area contributed by atoms with E-state index in [9.17, 15) is 99.6 Å². The largest absolute Gasteiger partial charge is 0.477 e. The lowest BCUT2D eigenvalue weighted by atomic mass is 9.88. The highest BCUT2D eigenvalue weighted by atomic mass is 32.1. The zero-order valence-electron chi connectivity index (χ0n) is 74.0. The first-order chi connectivity index (χ1) is 60.8. The number of aliphatic carboxylic acids is 1. The number of carboxylic acids is 1. The number of amides is 7. The smallest absolute Gasteiger partial charge is 0.364 e. The quantitative estimate of drug-likeness (QED) is 0.0222. The number of aliphatic hydroxyl groups is 11. The summed E-state index contributed by atoms with van der Waals surface area (Å²) in [5.74, 6) is -9.76. The van der Waals surface area contributed by atoms with Gasteiger partial charge in [-0.25, -0.2) is 19.1 Å². The Morgan fingerprint density at radius 1 is 0.758 bits per heavy atom. The molecule has 0 bridgehead atoms. The summed E-state index contributed by atoms with van der Waals surface area (Å²) in [6.45, 7) is 12.0. The van der Waals surface area contributed by atoms with Crippen molar-refractivity contribution in [2.75, 3.05) is 59.5 Å². The zero-order valence-corrected chi connectivity index (χ0v) is 74.8. The van der Waals surface area contributed by atoms with Crippen molar-refractivity contribution in [1.82, 2.24) is 70.9 Å². The summed E-state index contributed by atoms with van der Waals surface area (Å²) in [5, 5.41) is 163. The third-order valence-corrected chi connectivity index (χ3v) is 25.6. The van der Waals surface area contributed by atoms with E-state index in [0.29, 0.717) is 60.3 Å². The molecular formula is C87H125N15O25S. The van der Waals surface area contributed by atoms with Crippen LogP contribution in [0.1, 0.15) is 128 Å². The first-order valence-electron chi connectivity index (χ1n) is 43.2. The van der Waals surface area contributed by atoms with Crippen LogP contribution in [0.15, 0.2) is 96.6 Å². The van der Waals surface area contributed by atoms with E-state index >= 15 is 0 Å². The van der Waals surface area contributed by atoms with Crippen LogP contribution in [-0.2, 0) is 94.5 Å². The summed E-state index contributed by atoms with van der Waals surface area (Å²) >= 11 is 1.45. The third-order valence-electron chi connectivity index (χ3n) is 24.7. The van der Waals surface area contributed by atoms with Gasteiger partial charge in [0.05, 0.1) is 110 Å². The molecule has 10 rings (SSSR count). The second-order valence-electron chi connectivity index (χ2n) is 34.4. The lowest BCUT2D eigenvalue weighted by Crippen LogP contribution is -2.68. The van der Waals surface area contributed by atoms with Gasteiger partial charge in [0.15, 0.2) is 6.29 Å². The van der Waals surface area contributed by atoms with E-state index in [1.54, 1.807) is 113 Å². The molecule has 704 valence electrons. The molecule has 3 fully saturated rings. The van der Waals surface area contributed by atoms with Crippen molar-refractivity contribution in [1.29, 1.82) is 0 Å². The minimum Gasteiger partial charge on any atom is -0.477 e. The average Bonchev–Trinajstić information content (AvgIpc) is 1.57. The highest BCUT2D eigenvalue weighted by molar-refractivity contribution is 7.09. The van der Waals surface area contributed by atoms with Crippen LogP contribution < -0.4 is 26.2 Å². The molecule has 41 heteroatoms. The highest BCUT2D eigenvalue weighted by Crippen LogP contribution is 2.43. The molecule has 128 heavy (non-hydrogen) atoms. The molecule has 7 heterocycles. The number of para-hydroxylation sites is 1. The van der Waals surface area contributed by atoms with Crippen LogP contribution in [0.3, 0.4) is 0 Å². The lowest BCUT2D eigenvalue weighted by Gasteiger charge is -2.47. The first kappa shape index (κ1) is 101. The summed E-state index contributed by atoms with van der Waals surface area (Å²) < 4.78 is 31.3. The number of carbonyl (C=O) groups is 8. The molecule has 16 N–H and O–H groups in total. The van der Waals surface area contributed by atoms with E-state index < -0.39 is 213 Å². The van der Waals surface area contributed by atoms with Crippen molar-refractivity contribution in [3.8, 4) is 22.5 Å². The van der Waals surface area contributed by atoms with E-state index in [1.165, 1.54) is 50.9 Å². The number of aliphatic hydroxyl groups excluding tert-OH is 11. The topological polar surface area (TPSA) is 561 Å². The van der Waals surface area contributed by atoms with Crippen LogP contribution in [-0.4, -0.2) is 341 Å². The van der Waals surface area contributed by atoms with Crippen LogP contribution in [0.2, 0.25) is 0 Å². The number of anilines is 1. The van der Waals surface area contributed by atoms with Gasteiger partial charge in [0, 0.05) is 102 Å². The molecule has 3 saturated heterocycles. The maximum Gasteiger partial charge on any atom is 0.364 e. The van der Waals surface area contributed by atoms with Gasteiger partial charge in [0.25, 0.3) is 5.79 Å². The first-order valence-corrected chi connectivity index (χ1v) is 44.1. The van der Waals surface area contributed by atoms with Crippen molar-refractivity contribution in [2.45, 2.75) is 267 Å². The second-order valence-corrected chi connectivity index (χ2v) is 35.3. The van der Waals surface area contributed by atoms with Gasteiger partial charge >= 0.3 is 5.97 Å². The number of aromatic nitrogens is 7. The Kier molecular flexibility index (Phi) is 35.8. The standard InChI is InChI=1S/C87H125N15O25S/c1-13-47(6)71(62(123-11)37-66(110)100-34-21-28-57(100)79(124-12)48(7)81(117)91-55(83-89-33-35-128-83)36-50-22-15-14-16-23-50)98(10)84(119)67(45(2)3)92-82(118)70(46(4)5)97(9)41-59(105)73(111)74(112)60(106)42-99-40-52(93-95-99)31-32-88-64(108)29-30-65(109)101-39-51-24-17-18-25-53(51)68-72(54-26-19-20-27-56(54)101)102(96-94-68)43-61(107)75(113)80-69(90-49(8)103)58(104)38-87(127-80,86(121)122)125-44-63-76(114)77(115)78(116)85(120)126-63/h14-20,22-27,33,35,40,45-48,55,57-63,67,69-71,73-80,85,104-107,111-116,120H,13,21,28-32,34,36-39,41-44H2,1-12H3,(H,88,108)(H,90,103)(H,91,117)(H,92,118)(H,121,122). The molecule has 7 amide bonds. The van der Waals surface area contributed by atoms with Crippen LogP contribution >= 0.6 is 11.3 Å². The Balaban J connectivity index is 0.705. The maximum absolute atomic E-state index is 15.0. The van der Waals surface area contributed by atoms with Gasteiger partial charge < -0.3 is 121 Å². The van der Waals surface area contributed by atoms with Crippen molar-refractivity contribution in [3.63, 3.8) is 0 Å². The molecule has 24 atom stereocenters. The number of thiazole rings is 1. The van der Waals surface area contributed by atoms with Gasteiger partial charge in [-0.05, 0) is 61.3 Å². The summed E-state index contributed by atoms with van der Waals surface area (Å²) in [7, 11) is 6.20. The minimum absolute atomic E-state index is 0.0130. The van der Waals surface area contributed by atoms with Gasteiger partial charge in [-0.3, -0.25) is 38.5 Å². The fourth-order valence-electron chi connectivity index (χ4n) is 17.5. The second kappa shape index (κ2) is 45.5. The van der Waals surface area contributed by atoms with Crippen molar-refractivity contribution in [3.05, 3.63) is 118 Å². The van der Waals surface area contributed by atoms with Gasteiger partial charge in [-0.15, -0.1) is 21.5 Å². The number of benzene rings is 3. The molecule has 0 aliphatic carbocycles. The number of hydrogen-bond acceptors (Lipinski definition) is 31. The number of carboxylic acid groups (broad SMARTS) is 1.